The fourth-order valence-electron chi connectivity index (χ4n) is 4.10. The van der Waals surface area contributed by atoms with E-state index in [0.29, 0.717) is 11.1 Å². The molecule has 3 rings (SSSR count). The lowest BCUT2D eigenvalue weighted by Crippen LogP contribution is -2.45. The van der Waals surface area contributed by atoms with Crippen molar-refractivity contribution in [2.45, 2.75) is 64.5 Å². The second-order valence-electron chi connectivity index (χ2n) is 10.0. The molecule has 0 aromatic heterocycles. The summed E-state index contributed by atoms with van der Waals surface area (Å²) in [5.74, 6) is -2.11. The number of halogens is 3. The van der Waals surface area contributed by atoms with E-state index in [9.17, 15) is 32.3 Å². The number of alkyl halides is 3. The van der Waals surface area contributed by atoms with Gasteiger partial charge in [-0.2, -0.15) is 13.2 Å². The first-order valence-electron chi connectivity index (χ1n) is 12.2. The predicted octanol–water partition coefficient (Wildman–Crippen LogP) is 3.33. The first kappa shape index (κ1) is 29.5. The number of benzene rings is 2. The van der Waals surface area contributed by atoms with E-state index in [0.717, 1.165) is 6.07 Å². The molecule has 0 spiro atoms. The van der Waals surface area contributed by atoms with Crippen molar-refractivity contribution in [1.82, 2.24) is 10.2 Å². The van der Waals surface area contributed by atoms with Crippen LogP contribution in [0.2, 0.25) is 0 Å². The normalized spacial score (nSPS) is 14.0. The molecule has 0 saturated heterocycles. The first-order valence-corrected chi connectivity index (χ1v) is 12.2. The highest BCUT2D eigenvalue weighted by molar-refractivity contribution is 6.01. The van der Waals surface area contributed by atoms with Crippen LogP contribution in [-0.2, 0) is 38.4 Å². The highest BCUT2D eigenvalue weighted by Crippen LogP contribution is 2.32. The summed E-state index contributed by atoms with van der Waals surface area (Å²) in [5, 5.41) is 2.40. The van der Waals surface area contributed by atoms with E-state index in [4.69, 9.17) is 15.2 Å². The van der Waals surface area contributed by atoms with Crippen molar-refractivity contribution in [3.8, 4) is 5.75 Å². The number of ether oxygens (including phenoxy) is 2. The maximum absolute atomic E-state index is 13.1. The fraction of sp³-hybridized carbons (Fsp3) is 0.407. The van der Waals surface area contributed by atoms with Gasteiger partial charge in [0.1, 0.15) is 17.4 Å². The molecular weight excluding hydrogens is 519 g/mol. The van der Waals surface area contributed by atoms with Crippen LogP contribution in [0.5, 0.6) is 5.75 Å². The lowest BCUT2D eigenvalue weighted by Gasteiger charge is -2.25. The number of nitrogens with zero attached hydrogens (tertiary/aromatic N) is 1. The van der Waals surface area contributed by atoms with Crippen LogP contribution >= 0.6 is 0 Å². The van der Waals surface area contributed by atoms with Gasteiger partial charge in [-0.25, -0.2) is 0 Å². The van der Waals surface area contributed by atoms with Gasteiger partial charge in [0.25, 0.3) is 11.8 Å². The average Bonchev–Trinajstić information content (AvgIpc) is 3.15. The molecule has 0 radical (unpaired) electrons. The fourth-order valence-corrected chi connectivity index (χ4v) is 4.10. The molecular formula is C27H30F3N3O6. The van der Waals surface area contributed by atoms with E-state index in [1.54, 1.807) is 20.8 Å². The van der Waals surface area contributed by atoms with Crippen LogP contribution < -0.4 is 15.8 Å². The molecule has 3 N–H and O–H groups in total. The number of carbonyl (C=O) groups is 4. The Balaban J connectivity index is 1.58. The summed E-state index contributed by atoms with van der Waals surface area (Å²) in [6.07, 6.45) is -4.66. The summed E-state index contributed by atoms with van der Waals surface area (Å²) in [5.41, 5.74) is 4.76. The maximum Gasteiger partial charge on any atom is 0.416 e. The molecule has 0 saturated carbocycles. The van der Waals surface area contributed by atoms with Crippen molar-refractivity contribution in [2.75, 3.05) is 6.61 Å². The number of hydrogen-bond acceptors (Lipinski definition) is 6. The van der Waals surface area contributed by atoms with Crippen molar-refractivity contribution < 1.29 is 41.8 Å². The van der Waals surface area contributed by atoms with Crippen LogP contribution in [0.25, 0.3) is 0 Å². The zero-order chi connectivity index (χ0) is 29.0. The molecule has 0 bridgehead atoms. The Morgan fingerprint density at radius 1 is 1.10 bits per heavy atom. The van der Waals surface area contributed by atoms with Gasteiger partial charge < -0.3 is 25.4 Å². The van der Waals surface area contributed by atoms with Gasteiger partial charge in [-0.3, -0.25) is 19.2 Å². The van der Waals surface area contributed by atoms with E-state index in [1.165, 1.54) is 41.3 Å². The number of fused-ring (bicyclic) bond motifs is 1. The maximum atomic E-state index is 13.1. The largest absolute Gasteiger partial charge is 0.484 e. The van der Waals surface area contributed by atoms with Gasteiger partial charge in [-0.1, -0.05) is 18.2 Å². The average molecular weight is 550 g/mol. The number of hydrogen-bond donors (Lipinski definition) is 2. The van der Waals surface area contributed by atoms with E-state index in [2.05, 4.69) is 5.32 Å². The molecule has 210 valence electrons. The quantitative estimate of drug-likeness (QED) is 0.438. The summed E-state index contributed by atoms with van der Waals surface area (Å²) < 4.78 is 50.1. The standard InChI is InChI=1S/C27H30F3N3O6/c1-26(2,3)39-23(35)11-10-21(24(31)36)33-14-17-12-18(8-9-19(17)25(33)37)38-15-22(34)32-13-16-6-4-5-7-20(16)27(28,29)30/h4-9,12,21H,10-11,13-15H2,1-3H3,(H2,31,36)(H,32,34). The molecule has 9 nitrogen and oxygen atoms in total. The number of rotatable bonds is 10. The lowest BCUT2D eigenvalue weighted by molar-refractivity contribution is -0.155. The monoisotopic (exact) mass is 549 g/mol. The van der Waals surface area contributed by atoms with Crippen LogP contribution in [0.3, 0.4) is 0 Å². The van der Waals surface area contributed by atoms with E-state index in [-0.39, 0.29) is 37.2 Å². The predicted molar refractivity (Wildman–Crippen MR) is 133 cm³/mol. The number of esters is 1. The smallest absolute Gasteiger partial charge is 0.416 e. The second kappa shape index (κ2) is 11.7. The molecule has 0 aliphatic carbocycles. The summed E-state index contributed by atoms with van der Waals surface area (Å²) in [6.45, 7) is 4.38. The second-order valence-corrected chi connectivity index (χ2v) is 10.0. The van der Waals surface area contributed by atoms with Crippen molar-refractivity contribution in [2.24, 2.45) is 5.73 Å². The van der Waals surface area contributed by atoms with Crippen molar-refractivity contribution in [3.63, 3.8) is 0 Å². The number of amides is 3. The SMILES string of the molecule is CC(C)(C)OC(=O)CCC(C(N)=O)N1Cc2cc(OCC(=O)NCc3ccccc3C(F)(F)F)ccc2C1=O. The van der Waals surface area contributed by atoms with Gasteiger partial charge in [0, 0.05) is 25.1 Å². The molecule has 1 aliphatic heterocycles. The zero-order valence-corrected chi connectivity index (χ0v) is 21.8. The Kier molecular flexibility index (Phi) is 8.88. The highest BCUT2D eigenvalue weighted by Gasteiger charge is 2.36. The molecule has 1 aliphatic rings. The molecule has 1 atom stereocenters. The minimum atomic E-state index is -4.54. The van der Waals surface area contributed by atoms with Gasteiger partial charge in [-0.15, -0.1) is 0 Å². The highest BCUT2D eigenvalue weighted by atomic mass is 19.4. The Bertz CT molecular complexity index is 1260. The molecule has 2 aromatic rings. The van der Waals surface area contributed by atoms with Crippen molar-refractivity contribution in [3.05, 3.63) is 64.7 Å². The van der Waals surface area contributed by atoms with Crippen LogP contribution in [0.1, 0.15) is 60.7 Å². The Hall–Kier alpha value is -4.09. The number of nitrogens with one attached hydrogen (secondary N) is 1. The van der Waals surface area contributed by atoms with Gasteiger partial charge in [0.2, 0.25) is 5.91 Å². The summed E-state index contributed by atoms with van der Waals surface area (Å²) in [4.78, 5) is 50.6. The third-order valence-corrected chi connectivity index (χ3v) is 5.82. The molecule has 1 heterocycles. The van der Waals surface area contributed by atoms with Gasteiger partial charge in [0.05, 0.1) is 5.56 Å². The minimum Gasteiger partial charge on any atom is -0.484 e. The topological polar surface area (TPSA) is 128 Å². The molecule has 0 fully saturated rings. The van der Waals surface area contributed by atoms with Gasteiger partial charge in [-0.05, 0) is 62.6 Å². The molecule has 2 aromatic carbocycles. The van der Waals surface area contributed by atoms with E-state index < -0.39 is 53.7 Å². The Morgan fingerprint density at radius 3 is 2.44 bits per heavy atom. The first-order chi connectivity index (χ1) is 18.2. The third kappa shape index (κ3) is 7.95. The molecule has 3 amide bonds. The minimum absolute atomic E-state index is 0.00896. The summed E-state index contributed by atoms with van der Waals surface area (Å²) in [6, 6.07) is 8.38. The molecule has 39 heavy (non-hydrogen) atoms. The number of carbonyl (C=O) groups excluding carboxylic acids is 4. The van der Waals surface area contributed by atoms with Crippen LogP contribution in [-0.4, -0.2) is 46.8 Å². The Morgan fingerprint density at radius 2 is 1.79 bits per heavy atom. The van der Waals surface area contributed by atoms with Crippen molar-refractivity contribution in [1.29, 1.82) is 0 Å². The number of primary amides is 1. The van der Waals surface area contributed by atoms with E-state index >= 15 is 0 Å². The van der Waals surface area contributed by atoms with Crippen LogP contribution in [0.4, 0.5) is 13.2 Å². The third-order valence-electron chi connectivity index (χ3n) is 5.82. The number of nitrogens with two attached hydrogens (primary N) is 1. The zero-order valence-electron chi connectivity index (χ0n) is 21.8. The van der Waals surface area contributed by atoms with Crippen LogP contribution in [0.15, 0.2) is 42.5 Å². The van der Waals surface area contributed by atoms with Gasteiger partial charge in [0.15, 0.2) is 6.61 Å². The van der Waals surface area contributed by atoms with Crippen LogP contribution in [0, 0.1) is 0 Å². The summed E-state index contributed by atoms with van der Waals surface area (Å²) in [7, 11) is 0. The van der Waals surface area contributed by atoms with Gasteiger partial charge >= 0.3 is 12.1 Å². The molecule has 12 heteroatoms. The summed E-state index contributed by atoms with van der Waals surface area (Å²) >= 11 is 0. The van der Waals surface area contributed by atoms with Crippen molar-refractivity contribution >= 4 is 23.7 Å². The Labute approximate surface area is 223 Å². The lowest BCUT2D eigenvalue weighted by atomic mass is 10.1. The van der Waals surface area contributed by atoms with E-state index in [1.807, 2.05) is 0 Å². The molecule has 1 unspecified atom stereocenters.